The van der Waals surface area contributed by atoms with E-state index in [0.29, 0.717) is 11.6 Å². The molecule has 1 aliphatic rings. The number of benzene rings is 1. The number of sulfonamides is 1. The Kier molecular flexibility index (Phi) is 4.96. The minimum absolute atomic E-state index is 0.0219. The molecule has 8 heteroatoms. The van der Waals surface area contributed by atoms with E-state index >= 15 is 0 Å². The summed E-state index contributed by atoms with van der Waals surface area (Å²) in [7, 11) is -2.05. The first-order chi connectivity index (χ1) is 11.4. The lowest BCUT2D eigenvalue weighted by atomic mass is 10.1. The number of amides is 1. The highest BCUT2D eigenvalue weighted by Gasteiger charge is 2.44. The molecule has 0 saturated heterocycles. The average Bonchev–Trinajstić information content (AvgIpc) is 3.21. The van der Waals surface area contributed by atoms with Crippen LogP contribution in [0.15, 0.2) is 40.6 Å². The zero-order valence-corrected chi connectivity index (χ0v) is 15.3. The molecule has 1 heterocycles. The largest absolute Gasteiger partial charge is 0.351 e. The summed E-state index contributed by atoms with van der Waals surface area (Å²) in [5.41, 5.74) is 1.01. The summed E-state index contributed by atoms with van der Waals surface area (Å²) in [4.78, 5) is 13.1. The van der Waals surface area contributed by atoms with Gasteiger partial charge in [0.2, 0.25) is 15.9 Å². The van der Waals surface area contributed by atoms with Crippen LogP contribution in [0.1, 0.15) is 22.8 Å². The number of nitrogens with one attached hydrogen (secondary N) is 2. The molecule has 2 atom stereocenters. The second-order valence-corrected chi connectivity index (χ2v) is 9.31. The van der Waals surface area contributed by atoms with Gasteiger partial charge in [0.05, 0.1) is 6.54 Å². The molecule has 5 nitrogen and oxygen atoms in total. The fourth-order valence-electron chi connectivity index (χ4n) is 2.61. The summed E-state index contributed by atoms with van der Waals surface area (Å²) >= 11 is 7.32. The maximum atomic E-state index is 12.3. The highest BCUT2D eigenvalue weighted by molar-refractivity contribution is 7.91. The molecular weight excluding hydrogens is 368 g/mol. The van der Waals surface area contributed by atoms with Crippen molar-refractivity contribution in [1.29, 1.82) is 0 Å². The Hall–Kier alpha value is -1.41. The summed E-state index contributed by atoms with van der Waals surface area (Å²) in [6.07, 6.45) is 0.791. The van der Waals surface area contributed by atoms with Gasteiger partial charge in [-0.2, -0.15) is 0 Å². The first kappa shape index (κ1) is 17.4. The Labute approximate surface area is 150 Å². The number of carbonyl (C=O) groups is 1. The van der Waals surface area contributed by atoms with E-state index in [1.165, 1.54) is 7.05 Å². The van der Waals surface area contributed by atoms with Gasteiger partial charge in [-0.25, -0.2) is 13.1 Å². The molecule has 1 amide bonds. The van der Waals surface area contributed by atoms with Crippen LogP contribution in [0, 0.1) is 5.92 Å². The molecule has 0 bridgehead atoms. The fraction of sp³-hybridized carbons (Fsp3) is 0.312. The van der Waals surface area contributed by atoms with Crippen molar-refractivity contribution in [3.63, 3.8) is 0 Å². The van der Waals surface area contributed by atoms with Crippen LogP contribution in [0.3, 0.4) is 0 Å². The lowest BCUT2D eigenvalue weighted by Gasteiger charge is -2.05. The van der Waals surface area contributed by atoms with Crippen LogP contribution in [0.2, 0.25) is 5.02 Å². The van der Waals surface area contributed by atoms with Crippen LogP contribution in [-0.4, -0.2) is 21.4 Å². The van der Waals surface area contributed by atoms with Crippen LogP contribution < -0.4 is 10.0 Å². The number of rotatable bonds is 6. The van der Waals surface area contributed by atoms with Gasteiger partial charge >= 0.3 is 0 Å². The summed E-state index contributed by atoms with van der Waals surface area (Å²) in [5, 5.41) is 3.57. The second-order valence-electron chi connectivity index (χ2n) is 5.62. The van der Waals surface area contributed by atoms with Crippen molar-refractivity contribution >= 4 is 38.9 Å². The number of halogens is 1. The zero-order chi connectivity index (χ0) is 17.3. The summed E-state index contributed by atoms with van der Waals surface area (Å²) in [6, 6.07) is 10.8. The number of thiophene rings is 1. The Morgan fingerprint density at radius 3 is 2.75 bits per heavy atom. The lowest BCUT2D eigenvalue weighted by molar-refractivity contribution is -0.122. The quantitative estimate of drug-likeness (QED) is 0.804. The van der Waals surface area contributed by atoms with Gasteiger partial charge in [-0.15, -0.1) is 11.3 Å². The molecule has 128 valence electrons. The van der Waals surface area contributed by atoms with E-state index in [1.807, 2.05) is 24.3 Å². The molecule has 1 aliphatic carbocycles. The van der Waals surface area contributed by atoms with Crippen molar-refractivity contribution in [1.82, 2.24) is 10.0 Å². The van der Waals surface area contributed by atoms with E-state index in [1.54, 1.807) is 12.1 Å². The molecule has 2 aromatic rings. The van der Waals surface area contributed by atoms with Crippen molar-refractivity contribution < 1.29 is 13.2 Å². The summed E-state index contributed by atoms with van der Waals surface area (Å²) in [6.45, 7) is 0.328. The van der Waals surface area contributed by atoms with Gasteiger partial charge in [-0.3, -0.25) is 4.79 Å². The molecule has 1 aromatic carbocycles. The predicted octanol–water partition coefficient (Wildman–Crippen LogP) is 2.73. The van der Waals surface area contributed by atoms with Gasteiger partial charge < -0.3 is 5.32 Å². The molecule has 24 heavy (non-hydrogen) atoms. The SMILES string of the molecule is CNS(=O)(=O)c1ccc(CNC(=O)C2CC2c2ccccc2Cl)s1. The van der Waals surface area contributed by atoms with E-state index in [0.717, 1.165) is 28.2 Å². The minimum Gasteiger partial charge on any atom is -0.351 e. The molecule has 1 aromatic heterocycles. The topological polar surface area (TPSA) is 75.3 Å². The molecule has 0 aliphatic heterocycles. The second kappa shape index (κ2) is 6.84. The van der Waals surface area contributed by atoms with Crippen molar-refractivity contribution in [2.45, 2.75) is 23.1 Å². The van der Waals surface area contributed by atoms with Crippen LogP contribution in [0.5, 0.6) is 0 Å². The monoisotopic (exact) mass is 384 g/mol. The van der Waals surface area contributed by atoms with Gasteiger partial charge in [0.25, 0.3) is 0 Å². The number of carbonyl (C=O) groups excluding carboxylic acids is 1. The molecule has 1 saturated carbocycles. The van der Waals surface area contributed by atoms with Crippen molar-refractivity contribution in [2.24, 2.45) is 5.92 Å². The zero-order valence-electron chi connectivity index (χ0n) is 13.0. The van der Waals surface area contributed by atoms with Gasteiger partial charge in [0.1, 0.15) is 4.21 Å². The maximum absolute atomic E-state index is 12.3. The normalized spacial score (nSPS) is 19.9. The summed E-state index contributed by atoms with van der Waals surface area (Å²) < 4.78 is 25.9. The smallest absolute Gasteiger partial charge is 0.249 e. The highest BCUT2D eigenvalue weighted by atomic mass is 35.5. The van der Waals surface area contributed by atoms with Crippen molar-refractivity contribution in [3.05, 3.63) is 51.9 Å². The molecule has 2 unspecified atom stereocenters. The van der Waals surface area contributed by atoms with E-state index < -0.39 is 10.0 Å². The van der Waals surface area contributed by atoms with Crippen LogP contribution in [-0.2, 0) is 21.4 Å². The lowest BCUT2D eigenvalue weighted by Crippen LogP contribution is -2.24. The van der Waals surface area contributed by atoms with E-state index in [-0.39, 0.29) is 22.0 Å². The van der Waals surface area contributed by atoms with Gasteiger partial charge in [0, 0.05) is 15.8 Å². The average molecular weight is 385 g/mol. The first-order valence-electron chi connectivity index (χ1n) is 7.47. The number of hydrogen-bond donors (Lipinski definition) is 2. The molecule has 1 fully saturated rings. The Morgan fingerprint density at radius 1 is 1.29 bits per heavy atom. The van der Waals surface area contributed by atoms with E-state index in [2.05, 4.69) is 10.0 Å². The predicted molar refractivity (Wildman–Crippen MR) is 94.7 cm³/mol. The third-order valence-corrected chi connectivity index (χ3v) is 7.37. The van der Waals surface area contributed by atoms with Crippen molar-refractivity contribution in [2.75, 3.05) is 7.05 Å². The van der Waals surface area contributed by atoms with E-state index in [4.69, 9.17) is 11.6 Å². The molecule has 3 rings (SSSR count). The highest BCUT2D eigenvalue weighted by Crippen LogP contribution is 2.49. The fourth-order valence-corrected chi connectivity index (χ4v) is 5.02. The number of hydrogen-bond acceptors (Lipinski definition) is 4. The van der Waals surface area contributed by atoms with Gasteiger partial charge in [-0.1, -0.05) is 29.8 Å². The molecule has 0 spiro atoms. The third kappa shape index (κ3) is 3.64. The van der Waals surface area contributed by atoms with Crippen LogP contribution in [0.4, 0.5) is 0 Å². The molecular formula is C16H17ClN2O3S2. The van der Waals surface area contributed by atoms with Crippen LogP contribution >= 0.6 is 22.9 Å². The van der Waals surface area contributed by atoms with Crippen molar-refractivity contribution in [3.8, 4) is 0 Å². The Balaban J connectivity index is 1.57. The van der Waals surface area contributed by atoms with E-state index in [9.17, 15) is 13.2 Å². The Bertz CT molecular complexity index is 864. The third-order valence-electron chi connectivity index (χ3n) is 4.04. The summed E-state index contributed by atoms with van der Waals surface area (Å²) in [5.74, 6) is 0.0824. The van der Waals surface area contributed by atoms with Crippen LogP contribution in [0.25, 0.3) is 0 Å². The van der Waals surface area contributed by atoms with Gasteiger partial charge in [0.15, 0.2) is 0 Å². The first-order valence-corrected chi connectivity index (χ1v) is 10.1. The Morgan fingerprint density at radius 2 is 2.04 bits per heavy atom. The van der Waals surface area contributed by atoms with Gasteiger partial charge in [-0.05, 0) is 43.1 Å². The standard InChI is InChI=1S/C16H17ClN2O3S2/c1-18-24(21,22)15-7-6-10(23-15)9-19-16(20)13-8-12(13)11-4-2-3-5-14(11)17/h2-7,12-13,18H,8-9H2,1H3,(H,19,20). The minimum atomic E-state index is -3.43. The molecule has 0 radical (unpaired) electrons. The molecule has 2 N–H and O–H groups in total. The maximum Gasteiger partial charge on any atom is 0.249 e.